The van der Waals surface area contributed by atoms with Crippen LogP contribution in [0.1, 0.15) is 24.0 Å². The third kappa shape index (κ3) is 4.47. The maximum absolute atomic E-state index is 12.0. The van der Waals surface area contributed by atoms with Crippen LogP contribution >= 0.6 is 15.9 Å². The molecule has 1 aliphatic rings. The van der Waals surface area contributed by atoms with Gasteiger partial charge in [-0.2, -0.15) is 0 Å². The molecule has 1 fully saturated rings. The summed E-state index contributed by atoms with van der Waals surface area (Å²) >= 11 is 3.40. The lowest BCUT2D eigenvalue weighted by molar-refractivity contribution is 0.595. The first-order chi connectivity index (χ1) is 8.87. The number of anilines is 1. The summed E-state index contributed by atoms with van der Waals surface area (Å²) < 4.78 is 27.7. The van der Waals surface area contributed by atoms with E-state index in [0.717, 1.165) is 15.6 Å². The summed E-state index contributed by atoms with van der Waals surface area (Å²) in [5.41, 5.74) is 2.53. The fourth-order valence-electron chi connectivity index (χ4n) is 1.96. The van der Waals surface area contributed by atoms with Crippen LogP contribution in [0.4, 0.5) is 5.69 Å². The van der Waals surface area contributed by atoms with Crippen molar-refractivity contribution < 1.29 is 8.42 Å². The predicted molar refractivity (Wildman–Crippen MR) is 82.1 cm³/mol. The van der Waals surface area contributed by atoms with Crippen LogP contribution in [0.3, 0.4) is 0 Å². The highest BCUT2D eigenvalue weighted by Gasteiger charge is 2.21. The van der Waals surface area contributed by atoms with E-state index in [1.807, 2.05) is 26.0 Å². The van der Waals surface area contributed by atoms with Gasteiger partial charge in [0.05, 0.1) is 11.4 Å². The van der Waals surface area contributed by atoms with Crippen LogP contribution in [0.2, 0.25) is 0 Å². The average molecular weight is 347 g/mol. The Labute approximate surface area is 123 Å². The molecule has 0 saturated heterocycles. The fourth-order valence-corrected chi connectivity index (χ4v) is 3.77. The van der Waals surface area contributed by atoms with Crippen LogP contribution in [-0.4, -0.2) is 26.8 Å². The molecule has 1 aliphatic carbocycles. The van der Waals surface area contributed by atoms with E-state index in [9.17, 15) is 8.42 Å². The molecular weight excluding hydrogens is 328 g/mol. The molecule has 1 aromatic carbocycles. The lowest BCUT2D eigenvalue weighted by atomic mass is 10.1. The Kier molecular flexibility index (Phi) is 4.53. The van der Waals surface area contributed by atoms with Crippen molar-refractivity contribution in [3.8, 4) is 0 Å². The van der Waals surface area contributed by atoms with E-state index >= 15 is 0 Å². The van der Waals surface area contributed by atoms with Gasteiger partial charge in [0.25, 0.3) is 0 Å². The zero-order valence-electron chi connectivity index (χ0n) is 11.2. The lowest BCUT2D eigenvalue weighted by Gasteiger charge is -2.14. The van der Waals surface area contributed by atoms with Crippen LogP contribution in [0.15, 0.2) is 16.6 Å². The highest BCUT2D eigenvalue weighted by molar-refractivity contribution is 9.10. The zero-order chi connectivity index (χ0) is 14.0. The van der Waals surface area contributed by atoms with Crippen LogP contribution in [0.25, 0.3) is 0 Å². The Morgan fingerprint density at radius 3 is 2.37 bits per heavy atom. The number of sulfonamides is 1. The minimum atomic E-state index is -3.29. The molecule has 0 aliphatic heterocycles. The average Bonchev–Trinajstić information content (AvgIpc) is 3.07. The second-order valence-corrected chi connectivity index (χ2v) is 7.82. The quantitative estimate of drug-likeness (QED) is 0.832. The molecule has 19 heavy (non-hydrogen) atoms. The Hall–Kier alpha value is -0.590. The first-order valence-electron chi connectivity index (χ1n) is 6.38. The molecule has 4 nitrogen and oxygen atoms in total. The van der Waals surface area contributed by atoms with Gasteiger partial charge in [0.2, 0.25) is 10.0 Å². The summed E-state index contributed by atoms with van der Waals surface area (Å²) in [6.07, 6.45) is 2.33. The number of rotatable bonds is 6. The van der Waals surface area contributed by atoms with E-state index in [2.05, 4.69) is 26.0 Å². The molecule has 0 heterocycles. The van der Waals surface area contributed by atoms with Crippen molar-refractivity contribution in [2.45, 2.75) is 32.7 Å². The summed E-state index contributed by atoms with van der Waals surface area (Å²) in [5.74, 6) is 0.110. The molecule has 0 spiro atoms. The predicted octanol–water partition coefficient (Wildman–Crippen LogP) is 2.56. The third-order valence-electron chi connectivity index (χ3n) is 3.14. The smallest absolute Gasteiger partial charge is 0.233 e. The summed E-state index contributed by atoms with van der Waals surface area (Å²) in [4.78, 5) is 0. The molecular formula is C13H19BrN2O2S. The maximum Gasteiger partial charge on any atom is 0.233 e. The Bertz CT molecular complexity index is 545. The van der Waals surface area contributed by atoms with Gasteiger partial charge in [0.1, 0.15) is 0 Å². The van der Waals surface area contributed by atoms with Crippen molar-refractivity contribution in [2.24, 2.45) is 0 Å². The lowest BCUT2D eigenvalue weighted by Crippen LogP contribution is -2.28. The summed E-state index contributed by atoms with van der Waals surface area (Å²) in [7, 11) is -3.29. The first-order valence-corrected chi connectivity index (χ1v) is 8.82. The second kappa shape index (κ2) is 5.81. The monoisotopic (exact) mass is 346 g/mol. The molecule has 1 saturated carbocycles. The van der Waals surface area contributed by atoms with Crippen LogP contribution in [0.5, 0.6) is 0 Å². The Morgan fingerprint density at radius 1 is 1.26 bits per heavy atom. The van der Waals surface area contributed by atoms with Crippen molar-refractivity contribution in [1.82, 2.24) is 5.32 Å². The van der Waals surface area contributed by atoms with E-state index in [4.69, 9.17) is 0 Å². The molecule has 0 aromatic heterocycles. The van der Waals surface area contributed by atoms with Crippen molar-refractivity contribution >= 4 is 31.6 Å². The number of aryl methyl sites for hydroxylation is 2. The van der Waals surface area contributed by atoms with Crippen molar-refractivity contribution in [2.75, 3.05) is 17.0 Å². The molecule has 0 unspecified atom stereocenters. The van der Waals surface area contributed by atoms with Gasteiger partial charge in [-0.15, -0.1) is 0 Å². The number of hydrogen-bond donors (Lipinski definition) is 2. The molecule has 106 valence electrons. The Balaban J connectivity index is 2.02. The molecule has 0 amide bonds. The minimum absolute atomic E-state index is 0.110. The first kappa shape index (κ1) is 14.8. The van der Waals surface area contributed by atoms with Gasteiger partial charge in [-0.05, 0) is 49.9 Å². The van der Waals surface area contributed by atoms with Gasteiger partial charge in [-0.25, -0.2) is 8.42 Å². The van der Waals surface area contributed by atoms with E-state index in [0.29, 0.717) is 18.3 Å². The maximum atomic E-state index is 12.0. The zero-order valence-corrected chi connectivity index (χ0v) is 13.6. The van der Waals surface area contributed by atoms with Crippen LogP contribution < -0.4 is 10.0 Å². The summed E-state index contributed by atoms with van der Waals surface area (Å²) in [5, 5.41) is 3.21. The van der Waals surface area contributed by atoms with Gasteiger partial charge in [-0.1, -0.05) is 15.9 Å². The second-order valence-electron chi connectivity index (χ2n) is 5.06. The number of halogens is 1. The van der Waals surface area contributed by atoms with Gasteiger partial charge < -0.3 is 5.32 Å². The standard InChI is InChI=1S/C13H19BrN2O2S/c1-9-7-11(14)8-10(2)13(9)16-19(17,18)6-5-15-12-3-4-12/h7-8,12,15-16H,3-6H2,1-2H3. The van der Waals surface area contributed by atoms with Crippen LogP contribution in [-0.2, 0) is 10.0 Å². The summed E-state index contributed by atoms with van der Waals surface area (Å²) in [6.45, 7) is 4.31. The highest BCUT2D eigenvalue weighted by Crippen LogP contribution is 2.26. The SMILES string of the molecule is Cc1cc(Br)cc(C)c1NS(=O)(=O)CCNC1CC1. The molecule has 0 radical (unpaired) electrons. The van der Waals surface area contributed by atoms with E-state index in [1.54, 1.807) is 0 Å². The minimum Gasteiger partial charge on any atom is -0.313 e. The largest absolute Gasteiger partial charge is 0.313 e. The summed E-state index contributed by atoms with van der Waals surface area (Å²) in [6, 6.07) is 4.35. The topological polar surface area (TPSA) is 58.2 Å². The molecule has 6 heteroatoms. The van der Waals surface area contributed by atoms with E-state index < -0.39 is 10.0 Å². The number of nitrogens with one attached hydrogen (secondary N) is 2. The van der Waals surface area contributed by atoms with Crippen molar-refractivity contribution in [3.63, 3.8) is 0 Å². The van der Waals surface area contributed by atoms with Gasteiger partial charge in [-0.3, -0.25) is 4.72 Å². The third-order valence-corrected chi connectivity index (χ3v) is 4.85. The van der Waals surface area contributed by atoms with E-state index in [-0.39, 0.29) is 5.75 Å². The van der Waals surface area contributed by atoms with E-state index in [1.165, 1.54) is 12.8 Å². The molecule has 1 aromatic rings. The molecule has 2 N–H and O–H groups in total. The van der Waals surface area contributed by atoms with Gasteiger partial charge in [0.15, 0.2) is 0 Å². The number of hydrogen-bond acceptors (Lipinski definition) is 3. The normalized spacial score (nSPS) is 15.5. The van der Waals surface area contributed by atoms with Gasteiger partial charge in [0, 0.05) is 17.1 Å². The Morgan fingerprint density at radius 2 is 1.84 bits per heavy atom. The number of benzene rings is 1. The molecule has 0 atom stereocenters. The van der Waals surface area contributed by atoms with Crippen molar-refractivity contribution in [3.05, 3.63) is 27.7 Å². The van der Waals surface area contributed by atoms with Gasteiger partial charge >= 0.3 is 0 Å². The fraction of sp³-hybridized carbons (Fsp3) is 0.538. The molecule has 0 bridgehead atoms. The van der Waals surface area contributed by atoms with Crippen LogP contribution in [0, 0.1) is 13.8 Å². The van der Waals surface area contributed by atoms with Crippen molar-refractivity contribution in [1.29, 1.82) is 0 Å². The molecule has 2 rings (SSSR count). The highest BCUT2D eigenvalue weighted by atomic mass is 79.9.